The van der Waals surface area contributed by atoms with Gasteiger partial charge in [-0.25, -0.2) is 4.79 Å². The SMILES string of the molecule is COc1ccc(OCCNC(=O)O)cc1. The lowest BCUT2D eigenvalue weighted by molar-refractivity contribution is 0.191. The monoisotopic (exact) mass is 211 g/mol. The highest BCUT2D eigenvalue weighted by Crippen LogP contribution is 2.16. The lowest BCUT2D eigenvalue weighted by Gasteiger charge is -2.06. The molecule has 0 aliphatic heterocycles. The summed E-state index contributed by atoms with van der Waals surface area (Å²) in [6.07, 6.45) is -1.05. The number of hydrogen-bond donors (Lipinski definition) is 2. The van der Waals surface area contributed by atoms with Crippen LogP contribution in [0.1, 0.15) is 0 Å². The number of nitrogens with one attached hydrogen (secondary N) is 1. The van der Waals surface area contributed by atoms with Gasteiger partial charge in [-0.2, -0.15) is 0 Å². The summed E-state index contributed by atoms with van der Waals surface area (Å²) >= 11 is 0. The van der Waals surface area contributed by atoms with E-state index in [1.54, 1.807) is 31.4 Å². The van der Waals surface area contributed by atoms with Gasteiger partial charge in [0.2, 0.25) is 0 Å². The molecule has 0 heterocycles. The van der Waals surface area contributed by atoms with Gasteiger partial charge in [-0.1, -0.05) is 0 Å². The average Bonchev–Trinajstić information content (AvgIpc) is 2.25. The fourth-order valence-corrected chi connectivity index (χ4v) is 0.999. The van der Waals surface area contributed by atoms with Crippen molar-refractivity contribution in [2.45, 2.75) is 0 Å². The molecule has 0 saturated heterocycles. The molecule has 0 atom stereocenters. The summed E-state index contributed by atoms with van der Waals surface area (Å²) in [6.45, 7) is 0.569. The third-order valence-electron chi connectivity index (χ3n) is 1.71. The van der Waals surface area contributed by atoms with Crippen LogP contribution in [0.25, 0.3) is 0 Å². The Morgan fingerprint density at radius 1 is 1.33 bits per heavy atom. The molecule has 2 N–H and O–H groups in total. The van der Waals surface area contributed by atoms with E-state index in [1.807, 2.05) is 0 Å². The van der Waals surface area contributed by atoms with Crippen LogP contribution in [-0.4, -0.2) is 31.5 Å². The average molecular weight is 211 g/mol. The molecule has 1 aromatic rings. The van der Waals surface area contributed by atoms with Gasteiger partial charge in [-0.3, -0.25) is 0 Å². The summed E-state index contributed by atoms with van der Waals surface area (Å²) in [6, 6.07) is 7.08. The summed E-state index contributed by atoms with van der Waals surface area (Å²) in [4.78, 5) is 10.1. The quantitative estimate of drug-likeness (QED) is 0.721. The van der Waals surface area contributed by atoms with Crippen LogP contribution >= 0.6 is 0 Å². The first-order chi connectivity index (χ1) is 7.22. The predicted octanol–water partition coefficient (Wildman–Crippen LogP) is 1.34. The molecule has 1 rings (SSSR count). The van der Waals surface area contributed by atoms with Gasteiger partial charge in [0.05, 0.1) is 13.7 Å². The molecule has 0 saturated carbocycles. The maximum absolute atomic E-state index is 10.1. The number of amides is 1. The molecule has 82 valence electrons. The van der Waals surface area contributed by atoms with Crippen molar-refractivity contribution >= 4 is 6.09 Å². The van der Waals surface area contributed by atoms with Gasteiger partial charge in [0.1, 0.15) is 18.1 Å². The maximum atomic E-state index is 10.1. The zero-order valence-corrected chi connectivity index (χ0v) is 8.40. The molecule has 5 nitrogen and oxygen atoms in total. The summed E-state index contributed by atoms with van der Waals surface area (Å²) in [5.41, 5.74) is 0. The van der Waals surface area contributed by atoms with Crippen LogP contribution < -0.4 is 14.8 Å². The fraction of sp³-hybridized carbons (Fsp3) is 0.300. The number of benzene rings is 1. The number of hydrogen-bond acceptors (Lipinski definition) is 3. The van der Waals surface area contributed by atoms with Crippen LogP contribution in [0.3, 0.4) is 0 Å². The molecule has 1 amide bonds. The zero-order valence-electron chi connectivity index (χ0n) is 8.40. The third kappa shape index (κ3) is 4.21. The normalized spacial score (nSPS) is 9.40. The highest BCUT2D eigenvalue weighted by molar-refractivity contribution is 5.64. The summed E-state index contributed by atoms with van der Waals surface area (Å²) in [5.74, 6) is 1.44. The summed E-state index contributed by atoms with van der Waals surface area (Å²) in [7, 11) is 1.59. The van der Waals surface area contributed by atoms with Gasteiger partial charge in [-0.15, -0.1) is 0 Å². The van der Waals surface area contributed by atoms with Crippen molar-refractivity contribution < 1.29 is 19.4 Å². The first-order valence-electron chi connectivity index (χ1n) is 4.46. The second kappa shape index (κ2) is 5.74. The van der Waals surface area contributed by atoms with E-state index in [0.717, 1.165) is 5.75 Å². The van der Waals surface area contributed by atoms with E-state index in [0.29, 0.717) is 12.4 Å². The molecule has 0 aromatic heterocycles. The van der Waals surface area contributed by atoms with Crippen LogP contribution in [0.15, 0.2) is 24.3 Å². The van der Waals surface area contributed by atoms with E-state index in [-0.39, 0.29) is 6.54 Å². The van der Waals surface area contributed by atoms with Gasteiger partial charge >= 0.3 is 6.09 Å². The number of carboxylic acid groups (broad SMARTS) is 1. The molecule has 1 aromatic carbocycles. The van der Waals surface area contributed by atoms with Gasteiger partial charge in [0.15, 0.2) is 0 Å². The Bertz CT molecular complexity index is 310. The highest BCUT2D eigenvalue weighted by atomic mass is 16.5. The van der Waals surface area contributed by atoms with E-state index >= 15 is 0 Å². The molecule has 0 radical (unpaired) electrons. The van der Waals surface area contributed by atoms with Crippen LogP contribution in [-0.2, 0) is 0 Å². The van der Waals surface area contributed by atoms with E-state index < -0.39 is 6.09 Å². The second-order valence-electron chi connectivity index (χ2n) is 2.76. The molecule has 0 fully saturated rings. The Hall–Kier alpha value is -1.91. The summed E-state index contributed by atoms with van der Waals surface area (Å²) < 4.78 is 10.3. The number of carbonyl (C=O) groups is 1. The van der Waals surface area contributed by atoms with E-state index in [1.165, 1.54) is 0 Å². The van der Waals surface area contributed by atoms with Crippen molar-refractivity contribution in [3.8, 4) is 11.5 Å². The van der Waals surface area contributed by atoms with Crippen molar-refractivity contribution in [3.63, 3.8) is 0 Å². The molecule has 0 spiro atoms. The molecule has 5 heteroatoms. The minimum absolute atomic E-state index is 0.265. The number of rotatable bonds is 5. The standard InChI is InChI=1S/C10H13NO4/c1-14-8-2-4-9(5-3-8)15-7-6-11-10(12)13/h2-5,11H,6-7H2,1H3,(H,12,13). The van der Waals surface area contributed by atoms with Crippen molar-refractivity contribution in [1.82, 2.24) is 5.32 Å². The van der Waals surface area contributed by atoms with Gasteiger partial charge in [0.25, 0.3) is 0 Å². The highest BCUT2D eigenvalue weighted by Gasteiger charge is 1.96. The number of methoxy groups -OCH3 is 1. The molecule has 0 bridgehead atoms. The Balaban J connectivity index is 2.28. The topological polar surface area (TPSA) is 67.8 Å². The largest absolute Gasteiger partial charge is 0.497 e. The first-order valence-corrected chi connectivity index (χ1v) is 4.46. The van der Waals surface area contributed by atoms with Crippen LogP contribution in [0.2, 0.25) is 0 Å². The zero-order chi connectivity index (χ0) is 11.1. The van der Waals surface area contributed by atoms with Crippen LogP contribution in [0.4, 0.5) is 4.79 Å². The molecule has 0 aliphatic carbocycles. The maximum Gasteiger partial charge on any atom is 0.404 e. The third-order valence-corrected chi connectivity index (χ3v) is 1.71. The molecule has 0 unspecified atom stereocenters. The molecular formula is C10H13NO4. The van der Waals surface area contributed by atoms with E-state index in [4.69, 9.17) is 14.6 Å². The Morgan fingerprint density at radius 3 is 2.47 bits per heavy atom. The Morgan fingerprint density at radius 2 is 1.93 bits per heavy atom. The van der Waals surface area contributed by atoms with Gasteiger partial charge in [-0.05, 0) is 24.3 Å². The first kappa shape index (κ1) is 11.2. The lowest BCUT2D eigenvalue weighted by Crippen LogP contribution is -2.26. The fourth-order valence-electron chi connectivity index (χ4n) is 0.999. The molecule has 0 aliphatic rings. The molecule has 15 heavy (non-hydrogen) atoms. The van der Waals surface area contributed by atoms with Crippen molar-refractivity contribution in [2.24, 2.45) is 0 Å². The van der Waals surface area contributed by atoms with Crippen molar-refractivity contribution in [2.75, 3.05) is 20.3 Å². The predicted molar refractivity (Wildman–Crippen MR) is 54.5 cm³/mol. The van der Waals surface area contributed by atoms with Gasteiger partial charge in [0, 0.05) is 0 Å². The number of ether oxygens (including phenoxy) is 2. The summed E-state index contributed by atoms with van der Waals surface area (Å²) in [5, 5.41) is 10.5. The van der Waals surface area contributed by atoms with E-state index in [2.05, 4.69) is 5.32 Å². The smallest absolute Gasteiger partial charge is 0.404 e. The second-order valence-corrected chi connectivity index (χ2v) is 2.76. The Labute approximate surface area is 87.6 Å². The lowest BCUT2D eigenvalue weighted by atomic mass is 10.3. The minimum atomic E-state index is -1.05. The van der Waals surface area contributed by atoms with Crippen LogP contribution in [0, 0.1) is 0 Å². The van der Waals surface area contributed by atoms with Gasteiger partial charge < -0.3 is 19.9 Å². The van der Waals surface area contributed by atoms with Crippen LogP contribution in [0.5, 0.6) is 11.5 Å². The van der Waals surface area contributed by atoms with Crippen molar-refractivity contribution in [3.05, 3.63) is 24.3 Å². The van der Waals surface area contributed by atoms with E-state index in [9.17, 15) is 4.79 Å². The van der Waals surface area contributed by atoms with Crippen molar-refractivity contribution in [1.29, 1.82) is 0 Å². The Kier molecular flexibility index (Phi) is 4.28. The molecular weight excluding hydrogens is 198 g/mol. The minimum Gasteiger partial charge on any atom is -0.497 e.